The molecule has 6 nitrogen and oxygen atoms in total. The standard InChI is InChI=1S/C15H15F2N3O3/c1-8-14(9(2)20(3)19-8)18-12(21)7-23-15(22)13-10(16)5-4-6-11(13)17/h4-6H,7H2,1-3H3,(H,18,21). The molecule has 122 valence electrons. The Morgan fingerprint density at radius 1 is 1.26 bits per heavy atom. The first-order chi connectivity index (χ1) is 10.8. The number of hydrogen-bond acceptors (Lipinski definition) is 4. The van der Waals surface area contributed by atoms with Gasteiger partial charge in [-0.1, -0.05) is 6.07 Å². The summed E-state index contributed by atoms with van der Waals surface area (Å²) < 4.78 is 33.1. The van der Waals surface area contributed by atoms with E-state index in [-0.39, 0.29) is 0 Å². The van der Waals surface area contributed by atoms with E-state index in [0.717, 1.165) is 23.9 Å². The fraction of sp³-hybridized carbons (Fsp3) is 0.267. The van der Waals surface area contributed by atoms with Gasteiger partial charge in [-0.25, -0.2) is 13.6 Å². The van der Waals surface area contributed by atoms with Crippen LogP contribution in [0.15, 0.2) is 18.2 Å². The minimum absolute atomic E-state index is 0.505. The number of aryl methyl sites for hydroxylation is 2. The fourth-order valence-electron chi connectivity index (χ4n) is 2.03. The van der Waals surface area contributed by atoms with Crippen LogP contribution in [-0.2, 0) is 16.6 Å². The number of rotatable bonds is 4. The molecule has 8 heteroatoms. The van der Waals surface area contributed by atoms with Crippen molar-refractivity contribution in [2.45, 2.75) is 13.8 Å². The number of esters is 1. The zero-order chi connectivity index (χ0) is 17.1. The average Bonchev–Trinajstić information content (AvgIpc) is 2.71. The molecule has 1 N–H and O–H groups in total. The number of benzene rings is 1. The molecule has 0 bridgehead atoms. The van der Waals surface area contributed by atoms with Crippen molar-refractivity contribution < 1.29 is 23.1 Å². The first kappa shape index (κ1) is 16.6. The van der Waals surface area contributed by atoms with Gasteiger partial charge < -0.3 is 10.1 Å². The Bertz CT molecular complexity index is 751. The summed E-state index contributed by atoms with van der Waals surface area (Å²) in [5, 5.41) is 6.67. The highest BCUT2D eigenvalue weighted by atomic mass is 19.1. The van der Waals surface area contributed by atoms with Crippen molar-refractivity contribution in [2.24, 2.45) is 7.05 Å². The summed E-state index contributed by atoms with van der Waals surface area (Å²) in [5.41, 5.74) is 1.01. The lowest BCUT2D eigenvalue weighted by Gasteiger charge is -2.08. The quantitative estimate of drug-likeness (QED) is 0.875. The summed E-state index contributed by atoms with van der Waals surface area (Å²) in [6.45, 7) is 2.81. The molecular formula is C15H15F2N3O3. The molecule has 0 unspecified atom stereocenters. The van der Waals surface area contributed by atoms with E-state index >= 15 is 0 Å². The first-order valence-corrected chi connectivity index (χ1v) is 6.72. The second-order valence-corrected chi connectivity index (χ2v) is 4.89. The second-order valence-electron chi connectivity index (χ2n) is 4.89. The van der Waals surface area contributed by atoms with E-state index in [4.69, 9.17) is 0 Å². The van der Waals surface area contributed by atoms with Crippen LogP contribution < -0.4 is 5.32 Å². The summed E-state index contributed by atoms with van der Waals surface area (Å²) in [5.74, 6) is -3.96. The molecule has 0 aliphatic rings. The van der Waals surface area contributed by atoms with E-state index in [1.807, 2.05) is 0 Å². The SMILES string of the molecule is Cc1nn(C)c(C)c1NC(=O)COC(=O)c1c(F)cccc1F. The molecule has 23 heavy (non-hydrogen) atoms. The smallest absolute Gasteiger partial charge is 0.344 e. The van der Waals surface area contributed by atoms with Crippen molar-refractivity contribution in [3.63, 3.8) is 0 Å². The van der Waals surface area contributed by atoms with Gasteiger partial charge in [0.25, 0.3) is 5.91 Å². The monoisotopic (exact) mass is 323 g/mol. The van der Waals surface area contributed by atoms with Crippen LogP contribution in [0.3, 0.4) is 0 Å². The van der Waals surface area contributed by atoms with Gasteiger partial charge in [-0.3, -0.25) is 9.48 Å². The van der Waals surface area contributed by atoms with Crippen LogP contribution in [0, 0.1) is 25.5 Å². The van der Waals surface area contributed by atoms with Crippen molar-refractivity contribution in [1.82, 2.24) is 9.78 Å². The van der Waals surface area contributed by atoms with Crippen molar-refractivity contribution in [1.29, 1.82) is 0 Å². The Hall–Kier alpha value is -2.77. The highest BCUT2D eigenvalue weighted by Gasteiger charge is 2.20. The topological polar surface area (TPSA) is 73.2 Å². The van der Waals surface area contributed by atoms with Gasteiger partial charge in [0.15, 0.2) is 6.61 Å². The number of halogens is 2. The molecular weight excluding hydrogens is 308 g/mol. The Morgan fingerprint density at radius 3 is 2.39 bits per heavy atom. The molecule has 0 radical (unpaired) electrons. The Kier molecular flexibility index (Phi) is 4.73. The average molecular weight is 323 g/mol. The third kappa shape index (κ3) is 3.53. The van der Waals surface area contributed by atoms with Crippen molar-refractivity contribution in [3.05, 3.63) is 46.8 Å². The maximum Gasteiger partial charge on any atom is 0.344 e. The van der Waals surface area contributed by atoms with E-state index in [1.54, 1.807) is 25.6 Å². The van der Waals surface area contributed by atoms with Crippen molar-refractivity contribution in [2.75, 3.05) is 11.9 Å². The van der Waals surface area contributed by atoms with Gasteiger partial charge in [-0.2, -0.15) is 5.10 Å². The Morgan fingerprint density at radius 2 is 1.87 bits per heavy atom. The van der Waals surface area contributed by atoms with Gasteiger partial charge in [-0.05, 0) is 26.0 Å². The van der Waals surface area contributed by atoms with E-state index in [1.165, 1.54) is 0 Å². The van der Waals surface area contributed by atoms with Gasteiger partial charge in [0.2, 0.25) is 0 Å². The molecule has 0 fully saturated rings. The van der Waals surface area contributed by atoms with Gasteiger partial charge >= 0.3 is 5.97 Å². The molecule has 0 aliphatic heterocycles. The number of nitrogens with zero attached hydrogens (tertiary/aromatic N) is 2. The van der Waals surface area contributed by atoms with Crippen LogP contribution in [-0.4, -0.2) is 28.3 Å². The molecule has 1 aromatic heterocycles. The molecule has 0 atom stereocenters. The molecule has 0 spiro atoms. The van der Waals surface area contributed by atoms with Crippen molar-refractivity contribution in [3.8, 4) is 0 Å². The predicted molar refractivity (Wildman–Crippen MR) is 78.0 cm³/mol. The lowest BCUT2D eigenvalue weighted by Crippen LogP contribution is -2.22. The number of amides is 1. The third-order valence-corrected chi connectivity index (χ3v) is 3.27. The van der Waals surface area contributed by atoms with Crippen LogP contribution >= 0.6 is 0 Å². The first-order valence-electron chi connectivity index (χ1n) is 6.72. The van der Waals surface area contributed by atoms with Gasteiger partial charge in [0.1, 0.15) is 17.2 Å². The number of ether oxygens (including phenoxy) is 1. The maximum absolute atomic E-state index is 13.4. The number of hydrogen-bond donors (Lipinski definition) is 1. The van der Waals surface area contributed by atoms with Crippen LogP contribution in [0.5, 0.6) is 0 Å². The lowest BCUT2D eigenvalue weighted by atomic mass is 10.2. The van der Waals surface area contributed by atoms with Gasteiger partial charge in [0.05, 0.1) is 17.1 Å². The predicted octanol–water partition coefficient (Wildman–Crippen LogP) is 2.11. The summed E-state index contributed by atoms with van der Waals surface area (Å²) in [6, 6.07) is 2.99. The Balaban J connectivity index is 2.01. The molecule has 2 aromatic rings. The minimum Gasteiger partial charge on any atom is -0.452 e. The number of aromatic nitrogens is 2. The molecule has 1 heterocycles. The summed E-state index contributed by atoms with van der Waals surface area (Å²) in [7, 11) is 1.72. The zero-order valence-corrected chi connectivity index (χ0v) is 12.8. The summed E-state index contributed by atoms with van der Waals surface area (Å²) in [6.07, 6.45) is 0. The largest absolute Gasteiger partial charge is 0.452 e. The van der Waals surface area contributed by atoms with E-state index in [2.05, 4.69) is 15.2 Å². The minimum atomic E-state index is -1.24. The fourth-order valence-corrected chi connectivity index (χ4v) is 2.03. The number of carbonyl (C=O) groups excluding carboxylic acids is 2. The lowest BCUT2D eigenvalue weighted by molar-refractivity contribution is -0.119. The van der Waals surface area contributed by atoms with Crippen LogP contribution in [0.25, 0.3) is 0 Å². The molecule has 0 saturated carbocycles. The third-order valence-electron chi connectivity index (χ3n) is 3.27. The van der Waals surface area contributed by atoms with Crippen LogP contribution in [0.2, 0.25) is 0 Å². The zero-order valence-electron chi connectivity index (χ0n) is 12.8. The second kappa shape index (κ2) is 6.55. The van der Waals surface area contributed by atoms with Crippen molar-refractivity contribution >= 4 is 17.6 Å². The molecule has 1 amide bonds. The van der Waals surface area contributed by atoms with Gasteiger partial charge in [0, 0.05) is 7.05 Å². The molecule has 2 rings (SSSR count). The maximum atomic E-state index is 13.4. The van der Waals surface area contributed by atoms with Gasteiger partial charge in [-0.15, -0.1) is 0 Å². The highest BCUT2D eigenvalue weighted by molar-refractivity contribution is 5.96. The molecule has 0 saturated heterocycles. The normalized spacial score (nSPS) is 10.5. The van der Waals surface area contributed by atoms with E-state index in [9.17, 15) is 18.4 Å². The van der Waals surface area contributed by atoms with E-state index < -0.39 is 35.7 Å². The number of anilines is 1. The summed E-state index contributed by atoms with van der Waals surface area (Å²) in [4.78, 5) is 23.5. The van der Waals surface area contributed by atoms with E-state index in [0.29, 0.717) is 11.4 Å². The summed E-state index contributed by atoms with van der Waals surface area (Å²) >= 11 is 0. The molecule has 1 aromatic carbocycles. The number of nitrogens with one attached hydrogen (secondary N) is 1. The molecule has 0 aliphatic carbocycles. The van der Waals surface area contributed by atoms with Crippen LogP contribution in [0.4, 0.5) is 14.5 Å². The Labute approximate surface area is 131 Å². The van der Waals surface area contributed by atoms with Crippen LogP contribution in [0.1, 0.15) is 21.7 Å². The number of carbonyl (C=O) groups is 2. The highest BCUT2D eigenvalue weighted by Crippen LogP contribution is 2.18.